The number of rotatable bonds is 5. The monoisotopic (exact) mass is 408 g/mol. The summed E-state index contributed by atoms with van der Waals surface area (Å²) in [5, 5.41) is 9.14. The van der Waals surface area contributed by atoms with Gasteiger partial charge in [0.15, 0.2) is 11.0 Å². The average Bonchev–Trinajstić information content (AvgIpc) is 3.12. The van der Waals surface area contributed by atoms with Crippen molar-refractivity contribution in [3.05, 3.63) is 59.7 Å². The number of fused-ring (bicyclic) bond motifs is 1. The third-order valence-corrected chi connectivity index (χ3v) is 6.38. The summed E-state index contributed by atoms with van der Waals surface area (Å²) in [4.78, 5) is 14.9. The van der Waals surface area contributed by atoms with E-state index in [1.165, 1.54) is 22.9 Å². The fourth-order valence-corrected chi connectivity index (χ4v) is 4.46. The van der Waals surface area contributed by atoms with Crippen LogP contribution in [0.3, 0.4) is 0 Å². The van der Waals surface area contributed by atoms with Gasteiger partial charge in [0.2, 0.25) is 5.91 Å². The number of benzene rings is 2. The molecule has 0 aliphatic carbocycles. The summed E-state index contributed by atoms with van der Waals surface area (Å²) < 4.78 is 7.14. The highest BCUT2D eigenvalue weighted by Crippen LogP contribution is 2.28. The normalized spacial score (nSPS) is 14.4. The van der Waals surface area contributed by atoms with Crippen LogP contribution in [0.25, 0.3) is 11.4 Å². The zero-order valence-electron chi connectivity index (χ0n) is 16.8. The lowest BCUT2D eigenvalue weighted by molar-refractivity contribution is -0.131. The van der Waals surface area contributed by atoms with E-state index in [1.54, 1.807) is 7.11 Å². The van der Waals surface area contributed by atoms with Crippen LogP contribution in [-0.4, -0.2) is 44.5 Å². The van der Waals surface area contributed by atoms with Crippen LogP contribution in [-0.2, 0) is 24.8 Å². The van der Waals surface area contributed by atoms with E-state index in [1.807, 2.05) is 53.8 Å². The fraction of sp³-hybridized carbons (Fsp3) is 0.318. The van der Waals surface area contributed by atoms with E-state index >= 15 is 0 Å². The van der Waals surface area contributed by atoms with E-state index in [9.17, 15) is 4.79 Å². The Morgan fingerprint density at radius 2 is 1.83 bits per heavy atom. The lowest BCUT2D eigenvalue weighted by Crippen LogP contribution is -2.40. The van der Waals surface area contributed by atoms with Crippen LogP contribution in [0.1, 0.15) is 18.1 Å². The first-order valence-electron chi connectivity index (χ1n) is 9.63. The van der Waals surface area contributed by atoms with Crippen molar-refractivity contribution >= 4 is 17.7 Å². The molecule has 0 saturated heterocycles. The lowest BCUT2D eigenvalue weighted by Gasteiger charge is -2.30. The molecule has 0 bridgehead atoms. The summed E-state index contributed by atoms with van der Waals surface area (Å²) in [7, 11) is 3.57. The maximum Gasteiger partial charge on any atom is 0.236 e. The predicted molar refractivity (Wildman–Crippen MR) is 114 cm³/mol. The Morgan fingerprint density at radius 3 is 2.55 bits per heavy atom. The van der Waals surface area contributed by atoms with Crippen LogP contribution in [0, 0.1) is 0 Å². The second-order valence-corrected chi connectivity index (χ2v) is 8.44. The molecule has 0 spiro atoms. The van der Waals surface area contributed by atoms with E-state index in [0.717, 1.165) is 35.3 Å². The molecule has 1 aliphatic rings. The Labute approximate surface area is 174 Å². The number of nitrogens with zero attached hydrogens (tertiary/aromatic N) is 4. The Hall–Kier alpha value is -2.80. The molecule has 2 aromatic carbocycles. The smallest absolute Gasteiger partial charge is 0.236 e. The molecule has 0 N–H and O–H groups in total. The molecule has 0 radical (unpaired) electrons. The van der Waals surface area contributed by atoms with Crippen molar-refractivity contribution in [2.75, 3.05) is 13.7 Å². The molecule has 0 fully saturated rings. The fourth-order valence-electron chi connectivity index (χ4n) is 3.56. The molecule has 1 aromatic heterocycles. The van der Waals surface area contributed by atoms with Crippen molar-refractivity contribution in [3.63, 3.8) is 0 Å². The molecule has 2 heterocycles. The number of ether oxygens (including phenoxy) is 1. The molecule has 6 nitrogen and oxygen atoms in total. The summed E-state index contributed by atoms with van der Waals surface area (Å²) in [6.45, 7) is 3.38. The van der Waals surface area contributed by atoms with Crippen molar-refractivity contribution in [2.24, 2.45) is 7.05 Å². The molecule has 1 aliphatic heterocycles. The molecule has 29 heavy (non-hydrogen) atoms. The topological polar surface area (TPSA) is 60.3 Å². The molecule has 3 aromatic rings. The Morgan fingerprint density at radius 1 is 1.10 bits per heavy atom. The van der Waals surface area contributed by atoms with Gasteiger partial charge in [-0.3, -0.25) is 4.79 Å². The molecule has 0 saturated carbocycles. The van der Waals surface area contributed by atoms with Crippen molar-refractivity contribution < 1.29 is 9.53 Å². The second-order valence-electron chi connectivity index (χ2n) is 7.13. The van der Waals surface area contributed by atoms with Crippen molar-refractivity contribution in [2.45, 2.75) is 30.3 Å². The van der Waals surface area contributed by atoms with Gasteiger partial charge in [-0.15, -0.1) is 10.2 Å². The summed E-state index contributed by atoms with van der Waals surface area (Å²) in [5.41, 5.74) is 3.54. The van der Waals surface area contributed by atoms with Gasteiger partial charge in [0.05, 0.1) is 12.4 Å². The minimum Gasteiger partial charge on any atom is -0.497 e. The first kappa shape index (κ1) is 19.5. The molecule has 1 amide bonds. The van der Waals surface area contributed by atoms with Crippen LogP contribution >= 0.6 is 11.8 Å². The van der Waals surface area contributed by atoms with E-state index in [4.69, 9.17) is 4.74 Å². The lowest BCUT2D eigenvalue weighted by atomic mass is 10.00. The summed E-state index contributed by atoms with van der Waals surface area (Å²) in [6.07, 6.45) is 0.908. The number of methoxy groups -OCH3 is 1. The minimum atomic E-state index is -0.230. The van der Waals surface area contributed by atoms with Gasteiger partial charge < -0.3 is 14.2 Å². The van der Waals surface area contributed by atoms with Crippen LogP contribution < -0.4 is 4.74 Å². The SMILES string of the molecule is COc1ccc(-c2nnc(S[C@@H](C)C(=O)N3CCc4ccccc4C3)n2C)cc1. The molecular weight excluding hydrogens is 384 g/mol. The van der Waals surface area contributed by atoms with Crippen LogP contribution in [0.2, 0.25) is 0 Å². The summed E-state index contributed by atoms with van der Waals surface area (Å²) in [6, 6.07) is 16.1. The van der Waals surface area contributed by atoms with Crippen LogP contribution in [0.15, 0.2) is 53.7 Å². The number of hydrogen-bond donors (Lipinski definition) is 0. The van der Waals surface area contributed by atoms with E-state index < -0.39 is 0 Å². The van der Waals surface area contributed by atoms with E-state index in [-0.39, 0.29) is 11.2 Å². The largest absolute Gasteiger partial charge is 0.497 e. The van der Waals surface area contributed by atoms with Gasteiger partial charge in [-0.05, 0) is 48.7 Å². The number of amides is 1. The standard InChI is InChI=1S/C22H24N4O2S/c1-15(21(27)26-13-12-16-6-4-5-7-18(16)14-26)29-22-24-23-20(25(22)2)17-8-10-19(28-3)11-9-17/h4-11,15H,12-14H2,1-3H3/t15-/m0/s1. The van der Waals surface area contributed by atoms with E-state index in [0.29, 0.717) is 6.54 Å². The highest BCUT2D eigenvalue weighted by Gasteiger charge is 2.26. The van der Waals surface area contributed by atoms with E-state index in [2.05, 4.69) is 28.4 Å². The third kappa shape index (κ3) is 4.00. The molecule has 4 rings (SSSR count). The maximum absolute atomic E-state index is 13.0. The van der Waals surface area contributed by atoms with Gasteiger partial charge in [0, 0.05) is 25.7 Å². The van der Waals surface area contributed by atoms with Gasteiger partial charge in [0.25, 0.3) is 0 Å². The van der Waals surface area contributed by atoms with Crippen LogP contribution in [0.5, 0.6) is 5.75 Å². The Kier molecular flexibility index (Phi) is 5.58. The number of aromatic nitrogens is 3. The van der Waals surface area contributed by atoms with Gasteiger partial charge in [-0.25, -0.2) is 0 Å². The molecule has 0 unspecified atom stereocenters. The number of hydrogen-bond acceptors (Lipinski definition) is 5. The Bertz CT molecular complexity index is 1020. The molecule has 150 valence electrons. The first-order valence-corrected chi connectivity index (χ1v) is 10.5. The zero-order chi connectivity index (χ0) is 20.4. The van der Waals surface area contributed by atoms with Gasteiger partial charge in [-0.1, -0.05) is 36.0 Å². The maximum atomic E-state index is 13.0. The van der Waals surface area contributed by atoms with Gasteiger partial charge in [0.1, 0.15) is 5.75 Å². The highest BCUT2D eigenvalue weighted by atomic mass is 32.2. The van der Waals surface area contributed by atoms with Gasteiger partial charge in [-0.2, -0.15) is 0 Å². The van der Waals surface area contributed by atoms with Crippen LogP contribution in [0.4, 0.5) is 0 Å². The van der Waals surface area contributed by atoms with Crippen molar-refractivity contribution in [1.82, 2.24) is 19.7 Å². The summed E-state index contributed by atoms with van der Waals surface area (Å²) >= 11 is 1.45. The predicted octanol–water partition coefficient (Wildman–Crippen LogP) is 3.56. The van der Waals surface area contributed by atoms with Crippen molar-refractivity contribution in [3.8, 4) is 17.1 Å². The Balaban J connectivity index is 1.45. The molecule has 1 atom stereocenters. The number of thioether (sulfide) groups is 1. The first-order chi connectivity index (χ1) is 14.1. The zero-order valence-corrected chi connectivity index (χ0v) is 17.6. The number of carbonyl (C=O) groups is 1. The molecule has 7 heteroatoms. The quantitative estimate of drug-likeness (QED) is 0.604. The third-order valence-electron chi connectivity index (χ3n) is 5.26. The average molecular weight is 409 g/mol. The van der Waals surface area contributed by atoms with Gasteiger partial charge >= 0.3 is 0 Å². The highest BCUT2D eigenvalue weighted by molar-refractivity contribution is 8.00. The van der Waals surface area contributed by atoms with Crippen molar-refractivity contribution in [1.29, 1.82) is 0 Å². The number of carbonyl (C=O) groups excluding carboxylic acids is 1. The summed E-state index contributed by atoms with van der Waals surface area (Å²) in [5.74, 6) is 1.70. The second kappa shape index (κ2) is 8.29. The molecular formula is C22H24N4O2S. The minimum absolute atomic E-state index is 0.138.